The largest absolute Gasteiger partial charge is 0.394 e. The number of aromatic nitrogens is 4. The first kappa shape index (κ1) is 16.1. The summed E-state index contributed by atoms with van der Waals surface area (Å²) in [6, 6.07) is 5.92. The van der Waals surface area contributed by atoms with E-state index in [1.807, 2.05) is 25.1 Å². The Labute approximate surface area is 131 Å². The second-order valence-corrected chi connectivity index (χ2v) is 6.25. The maximum atomic E-state index is 5.19. The summed E-state index contributed by atoms with van der Waals surface area (Å²) >= 11 is 0. The van der Waals surface area contributed by atoms with Crippen LogP contribution >= 0.6 is 0 Å². The van der Waals surface area contributed by atoms with E-state index in [2.05, 4.69) is 41.0 Å². The summed E-state index contributed by atoms with van der Waals surface area (Å²) in [7, 11) is 0. The van der Waals surface area contributed by atoms with Crippen LogP contribution in [0.5, 0.6) is 0 Å². The molecule has 2 aromatic heterocycles. The molecule has 0 saturated carbocycles. The molecule has 22 heavy (non-hydrogen) atoms. The number of hydrogen-bond donors (Lipinski definition) is 0. The molecule has 0 radical (unpaired) electrons. The van der Waals surface area contributed by atoms with Crippen LogP contribution in [0.1, 0.15) is 45.5 Å². The zero-order chi connectivity index (χ0) is 16.0. The Balaban J connectivity index is 2.25. The van der Waals surface area contributed by atoms with E-state index in [1.54, 1.807) is 11.0 Å². The van der Waals surface area contributed by atoms with Gasteiger partial charge in [-0.2, -0.15) is 9.78 Å². The zero-order valence-corrected chi connectivity index (χ0v) is 13.7. The van der Waals surface area contributed by atoms with Crippen LogP contribution in [0.2, 0.25) is 0 Å². The molecule has 0 N–H and O–H groups in total. The average Bonchev–Trinajstić information content (AvgIpc) is 2.99. The van der Waals surface area contributed by atoms with Gasteiger partial charge in [0.15, 0.2) is 0 Å². The second kappa shape index (κ2) is 7.15. The minimum atomic E-state index is 0.284. The van der Waals surface area contributed by atoms with Crippen molar-refractivity contribution in [3.63, 3.8) is 0 Å². The van der Waals surface area contributed by atoms with Crippen molar-refractivity contribution in [1.29, 1.82) is 0 Å². The first-order chi connectivity index (χ1) is 10.5. The monoisotopic (exact) mass is 301 g/mol. The standard InChI is InChI=1S/C16H23N5O/c1-5-22-20-15(21-12-17-11-18-21)14-8-6-7-13(19-14)9-10-16(2,3)4/h6-8,11-12H,5,9-10H2,1-4H3/b20-15+. The van der Waals surface area contributed by atoms with Gasteiger partial charge in [-0.05, 0) is 37.3 Å². The number of pyridine rings is 1. The molecule has 0 amide bonds. The van der Waals surface area contributed by atoms with Gasteiger partial charge in [-0.15, -0.1) is 0 Å². The van der Waals surface area contributed by atoms with Crippen molar-refractivity contribution in [2.75, 3.05) is 6.61 Å². The fourth-order valence-electron chi connectivity index (χ4n) is 1.90. The summed E-state index contributed by atoms with van der Waals surface area (Å²) in [6.45, 7) is 9.06. The van der Waals surface area contributed by atoms with E-state index in [1.165, 1.54) is 6.33 Å². The fraction of sp³-hybridized carbons (Fsp3) is 0.500. The lowest BCUT2D eigenvalue weighted by Crippen LogP contribution is -2.17. The van der Waals surface area contributed by atoms with Crippen molar-refractivity contribution < 1.29 is 4.84 Å². The number of rotatable bonds is 5. The van der Waals surface area contributed by atoms with E-state index >= 15 is 0 Å². The summed E-state index contributed by atoms with van der Waals surface area (Å²) in [6.07, 6.45) is 5.05. The van der Waals surface area contributed by atoms with Crippen molar-refractivity contribution in [3.8, 4) is 0 Å². The van der Waals surface area contributed by atoms with Crippen molar-refractivity contribution in [3.05, 3.63) is 42.2 Å². The van der Waals surface area contributed by atoms with Gasteiger partial charge in [-0.1, -0.05) is 32.0 Å². The van der Waals surface area contributed by atoms with Crippen LogP contribution in [0.3, 0.4) is 0 Å². The molecule has 0 atom stereocenters. The highest BCUT2D eigenvalue weighted by atomic mass is 16.6. The number of nitrogens with zero attached hydrogens (tertiary/aromatic N) is 5. The Kier molecular flexibility index (Phi) is 5.25. The fourth-order valence-corrected chi connectivity index (χ4v) is 1.90. The van der Waals surface area contributed by atoms with Crippen LogP contribution < -0.4 is 0 Å². The van der Waals surface area contributed by atoms with Crippen molar-refractivity contribution in [2.45, 2.75) is 40.5 Å². The molecule has 0 bridgehead atoms. The summed E-state index contributed by atoms with van der Waals surface area (Å²) in [5.74, 6) is 0.539. The summed E-state index contributed by atoms with van der Waals surface area (Å²) in [5.41, 5.74) is 2.05. The van der Waals surface area contributed by atoms with E-state index < -0.39 is 0 Å². The lowest BCUT2D eigenvalue weighted by atomic mass is 9.90. The molecule has 6 heteroatoms. The zero-order valence-electron chi connectivity index (χ0n) is 13.7. The third kappa shape index (κ3) is 4.65. The molecule has 0 saturated heterocycles. The molecule has 6 nitrogen and oxygen atoms in total. The lowest BCUT2D eigenvalue weighted by Gasteiger charge is -2.17. The van der Waals surface area contributed by atoms with Gasteiger partial charge in [0, 0.05) is 5.69 Å². The summed E-state index contributed by atoms with van der Waals surface area (Å²) in [5, 5.41) is 8.24. The summed E-state index contributed by atoms with van der Waals surface area (Å²) in [4.78, 5) is 13.8. The molecule has 2 rings (SSSR count). The predicted molar refractivity (Wildman–Crippen MR) is 85.6 cm³/mol. The minimum absolute atomic E-state index is 0.284. The van der Waals surface area contributed by atoms with Crippen molar-refractivity contribution in [2.24, 2.45) is 10.6 Å². The van der Waals surface area contributed by atoms with Gasteiger partial charge < -0.3 is 4.84 Å². The Morgan fingerprint density at radius 1 is 1.32 bits per heavy atom. The third-order valence-electron chi connectivity index (χ3n) is 3.08. The second-order valence-electron chi connectivity index (χ2n) is 6.25. The normalized spacial score (nSPS) is 12.5. The van der Waals surface area contributed by atoms with Gasteiger partial charge in [-0.3, -0.25) is 0 Å². The molecule has 0 aromatic carbocycles. The van der Waals surface area contributed by atoms with Gasteiger partial charge in [0.05, 0.1) is 0 Å². The molecule has 0 aliphatic rings. The SMILES string of the molecule is CCO/N=C(\c1cccc(CCC(C)(C)C)n1)n1cncn1. The molecular formula is C16H23N5O. The molecule has 0 aliphatic heterocycles. The Hall–Kier alpha value is -2.24. The van der Waals surface area contributed by atoms with Crippen LogP contribution in [-0.2, 0) is 11.3 Å². The first-order valence-electron chi connectivity index (χ1n) is 7.51. The molecule has 0 spiro atoms. The van der Waals surface area contributed by atoms with Crippen LogP contribution in [0.25, 0.3) is 0 Å². The third-order valence-corrected chi connectivity index (χ3v) is 3.08. The van der Waals surface area contributed by atoms with E-state index in [0.717, 1.165) is 24.2 Å². The lowest BCUT2D eigenvalue weighted by molar-refractivity contribution is 0.157. The molecule has 118 valence electrons. The highest BCUT2D eigenvalue weighted by Gasteiger charge is 2.13. The Morgan fingerprint density at radius 2 is 2.14 bits per heavy atom. The highest BCUT2D eigenvalue weighted by molar-refractivity contribution is 5.97. The van der Waals surface area contributed by atoms with Gasteiger partial charge in [-0.25, -0.2) is 9.97 Å². The highest BCUT2D eigenvalue weighted by Crippen LogP contribution is 2.20. The summed E-state index contributed by atoms with van der Waals surface area (Å²) < 4.78 is 1.56. The maximum Gasteiger partial charge on any atom is 0.219 e. The van der Waals surface area contributed by atoms with E-state index in [4.69, 9.17) is 4.84 Å². The predicted octanol–water partition coefficient (Wildman–Crippen LogP) is 2.90. The molecule has 2 heterocycles. The Morgan fingerprint density at radius 3 is 2.77 bits per heavy atom. The number of aryl methyl sites for hydroxylation is 1. The van der Waals surface area contributed by atoms with Crippen LogP contribution in [0.15, 0.2) is 36.0 Å². The maximum absolute atomic E-state index is 5.19. The van der Waals surface area contributed by atoms with Crippen LogP contribution in [-0.4, -0.2) is 32.2 Å². The van der Waals surface area contributed by atoms with Crippen LogP contribution in [0.4, 0.5) is 0 Å². The van der Waals surface area contributed by atoms with E-state index in [9.17, 15) is 0 Å². The molecule has 0 fully saturated rings. The van der Waals surface area contributed by atoms with Gasteiger partial charge in [0.25, 0.3) is 0 Å². The van der Waals surface area contributed by atoms with E-state index in [0.29, 0.717) is 12.4 Å². The van der Waals surface area contributed by atoms with Crippen LogP contribution in [0, 0.1) is 5.41 Å². The molecule has 0 unspecified atom stereocenters. The van der Waals surface area contributed by atoms with E-state index in [-0.39, 0.29) is 5.41 Å². The van der Waals surface area contributed by atoms with Crippen molar-refractivity contribution in [1.82, 2.24) is 19.7 Å². The topological polar surface area (TPSA) is 65.2 Å². The Bertz CT molecular complexity index is 614. The van der Waals surface area contributed by atoms with Gasteiger partial charge in [0.2, 0.25) is 5.84 Å². The number of hydrogen-bond acceptors (Lipinski definition) is 5. The quantitative estimate of drug-likeness (QED) is 0.484. The van der Waals surface area contributed by atoms with Crippen molar-refractivity contribution >= 4 is 5.84 Å². The molecular weight excluding hydrogens is 278 g/mol. The smallest absolute Gasteiger partial charge is 0.219 e. The molecule has 2 aromatic rings. The first-order valence-corrected chi connectivity index (χ1v) is 7.51. The average molecular weight is 301 g/mol. The minimum Gasteiger partial charge on any atom is -0.394 e. The van der Waals surface area contributed by atoms with Gasteiger partial charge >= 0.3 is 0 Å². The van der Waals surface area contributed by atoms with Gasteiger partial charge in [0.1, 0.15) is 25.0 Å². The molecule has 0 aliphatic carbocycles. The number of oxime groups is 1.